The van der Waals surface area contributed by atoms with Crippen molar-refractivity contribution < 1.29 is 23.4 Å². The van der Waals surface area contributed by atoms with E-state index in [0.29, 0.717) is 24.1 Å². The molecule has 0 heterocycles. The molecule has 0 aromatic heterocycles. The molecule has 0 radical (unpaired) electrons. The van der Waals surface area contributed by atoms with Gasteiger partial charge in [-0.15, -0.1) is 0 Å². The van der Waals surface area contributed by atoms with Crippen molar-refractivity contribution in [1.29, 1.82) is 0 Å². The lowest BCUT2D eigenvalue weighted by Crippen LogP contribution is -2.35. The zero-order chi connectivity index (χ0) is 25.0. The number of phenols is 2. The molecule has 0 bridgehead atoms. The van der Waals surface area contributed by atoms with E-state index in [-0.39, 0.29) is 28.3 Å². The van der Waals surface area contributed by atoms with Crippen LogP contribution in [0.15, 0.2) is 89.9 Å². The first kappa shape index (κ1) is 24.3. The third-order valence-electron chi connectivity index (χ3n) is 5.88. The zero-order valence-corrected chi connectivity index (χ0v) is 19.9. The lowest BCUT2D eigenvalue weighted by atomic mass is 10.1. The number of benzene rings is 3. The van der Waals surface area contributed by atoms with Gasteiger partial charge in [0, 0.05) is 24.9 Å². The van der Waals surface area contributed by atoms with Crippen LogP contribution in [-0.2, 0) is 27.7 Å². The molecule has 35 heavy (non-hydrogen) atoms. The summed E-state index contributed by atoms with van der Waals surface area (Å²) in [7, 11) is -2.08. The average molecular weight is 491 g/mol. The largest absolute Gasteiger partial charge is 0.504 e. The third-order valence-corrected chi connectivity index (χ3v) is 7.41. The van der Waals surface area contributed by atoms with Gasteiger partial charge in [-0.1, -0.05) is 48.6 Å². The van der Waals surface area contributed by atoms with Gasteiger partial charge in [0.25, 0.3) is 5.91 Å². The molecule has 0 unspecified atom stereocenters. The number of nitrogens with zero attached hydrogens (tertiary/aromatic N) is 1. The summed E-state index contributed by atoms with van der Waals surface area (Å²) < 4.78 is 28.5. The van der Waals surface area contributed by atoms with E-state index in [1.54, 1.807) is 43.5 Å². The minimum absolute atomic E-state index is 0.147. The van der Waals surface area contributed by atoms with E-state index in [0.717, 1.165) is 0 Å². The Morgan fingerprint density at radius 2 is 1.60 bits per heavy atom. The second kappa shape index (κ2) is 10.2. The van der Waals surface area contributed by atoms with Crippen molar-refractivity contribution in [2.75, 3.05) is 11.9 Å². The Morgan fingerprint density at radius 1 is 0.943 bits per heavy atom. The third kappa shape index (κ3) is 5.79. The highest BCUT2D eigenvalue weighted by atomic mass is 32.2. The van der Waals surface area contributed by atoms with E-state index in [1.165, 1.54) is 46.4 Å². The fourth-order valence-electron chi connectivity index (χ4n) is 3.97. The maximum Gasteiger partial charge on any atom is 0.250 e. The number of hydrogen-bond donors (Lipinski definition) is 3. The number of rotatable bonds is 7. The minimum atomic E-state index is -3.68. The van der Waals surface area contributed by atoms with Crippen LogP contribution in [0.2, 0.25) is 0 Å². The van der Waals surface area contributed by atoms with Crippen LogP contribution in [0.4, 0.5) is 5.69 Å². The average Bonchev–Trinajstić information content (AvgIpc) is 3.25. The minimum Gasteiger partial charge on any atom is -0.504 e. The Labute approximate surface area is 204 Å². The second-order valence-corrected chi connectivity index (χ2v) is 10.1. The first-order valence-electron chi connectivity index (χ1n) is 11.1. The highest BCUT2D eigenvalue weighted by molar-refractivity contribution is 7.89. The van der Waals surface area contributed by atoms with Crippen molar-refractivity contribution in [1.82, 2.24) is 4.72 Å². The number of nitrogens with one attached hydrogen (secondary N) is 1. The summed E-state index contributed by atoms with van der Waals surface area (Å²) >= 11 is 0. The number of fused-ring (bicyclic) bond motifs is 1. The predicted octanol–water partition coefficient (Wildman–Crippen LogP) is 3.78. The molecule has 7 nitrogen and oxygen atoms in total. The molecule has 1 aliphatic carbocycles. The number of aromatic hydroxyl groups is 2. The molecule has 0 spiro atoms. The molecule has 0 aliphatic heterocycles. The van der Waals surface area contributed by atoms with Gasteiger partial charge in [-0.2, -0.15) is 0 Å². The lowest BCUT2D eigenvalue weighted by molar-refractivity contribution is -0.113. The molecule has 180 valence electrons. The van der Waals surface area contributed by atoms with Gasteiger partial charge in [-0.05, 0) is 65.9 Å². The van der Waals surface area contributed by atoms with Gasteiger partial charge >= 0.3 is 0 Å². The summed E-state index contributed by atoms with van der Waals surface area (Å²) in [5.74, 6) is -0.713. The maximum atomic E-state index is 12.8. The number of carbonyl (C=O) groups is 1. The smallest absolute Gasteiger partial charge is 0.250 e. The van der Waals surface area contributed by atoms with Crippen LogP contribution in [0.25, 0.3) is 6.08 Å². The molecule has 8 heteroatoms. The molecule has 0 saturated carbocycles. The van der Waals surface area contributed by atoms with Gasteiger partial charge in [-0.25, -0.2) is 13.1 Å². The van der Waals surface area contributed by atoms with Crippen molar-refractivity contribution >= 4 is 27.7 Å². The van der Waals surface area contributed by atoms with E-state index in [4.69, 9.17) is 0 Å². The number of hydrogen-bond acceptors (Lipinski definition) is 5. The van der Waals surface area contributed by atoms with Crippen molar-refractivity contribution in [2.24, 2.45) is 0 Å². The summed E-state index contributed by atoms with van der Waals surface area (Å²) in [5, 5.41) is 18.9. The monoisotopic (exact) mass is 490 g/mol. The zero-order valence-electron chi connectivity index (χ0n) is 19.1. The molecule has 1 aliphatic rings. The Kier molecular flexibility index (Phi) is 7.04. The first-order chi connectivity index (χ1) is 16.7. The fraction of sp³-hybridized carbons (Fsp3) is 0.148. The molecule has 3 N–H and O–H groups in total. The molecular formula is C27H26N2O5S. The van der Waals surface area contributed by atoms with E-state index in [1.807, 2.05) is 24.3 Å². The number of carbonyl (C=O) groups excluding carboxylic acids is 1. The molecule has 0 fully saturated rings. The molecule has 3 aromatic carbocycles. The predicted molar refractivity (Wildman–Crippen MR) is 136 cm³/mol. The van der Waals surface area contributed by atoms with Gasteiger partial charge in [0.2, 0.25) is 10.0 Å². The SMILES string of the molecule is CN(C(=O)C=CC=Cc1ccc(O)c(O)c1)c1ccc(S(=O)(=O)NC2Cc3ccccc3C2)cc1. The standard InChI is InChI=1S/C27H26N2O5S/c1-29(27(32)9-5-2-6-19-10-15-25(30)26(31)16-19)23-11-13-24(14-12-23)35(33,34)28-22-17-20-7-3-4-8-21(20)18-22/h2-16,22,28,30-31H,17-18H2,1H3. The second-order valence-electron chi connectivity index (χ2n) is 8.35. The van der Waals surface area contributed by atoms with Gasteiger partial charge < -0.3 is 15.1 Å². The number of anilines is 1. The quantitative estimate of drug-likeness (QED) is 0.266. The van der Waals surface area contributed by atoms with Crippen LogP contribution in [-0.4, -0.2) is 37.6 Å². The van der Waals surface area contributed by atoms with Crippen LogP contribution in [0.3, 0.4) is 0 Å². The molecular weight excluding hydrogens is 464 g/mol. The summed E-state index contributed by atoms with van der Waals surface area (Å²) in [6.07, 6.45) is 7.59. The highest BCUT2D eigenvalue weighted by Gasteiger charge is 2.26. The molecule has 0 atom stereocenters. The topological polar surface area (TPSA) is 107 Å². The van der Waals surface area contributed by atoms with Gasteiger partial charge in [0.15, 0.2) is 11.5 Å². The van der Waals surface area contributed by atoms with Crippen LogP contribution < -0.4 is 9.62 Å². The van der Waals surface area contributed by atoms with E-state index in [2.05, 4.69) is 4.72 Å². The maximum absolute atomic E-state index is 12.8. The van der Waals surface area contributed by atoms with E-state index >= 15 is 0 Å². The number of likely N-dealkylation sites (N-methyl/N-ethyl adjacent to an activating group) is 1. The summed E-state index contributed by atoms with van der Waals surface area (Å²) in [6.45, 7) is 0. The van der Waals surface area contributed by atoms with Crippen molar-refractivity contribution in [2.45, 2.75) is 23.8 Å². The van der Waals surface area contributed by atoms with Crippen molar-refractivity contribution in [3.8, 4) is 11.5 Å². The Hall–Kier alpha value is -3.88. The van der Waals surface area contributed by atoms with Crippen LogP contribution in [0, 0.1) is 0 Å². The number of allylic oxidation sites excluding steroid dienone is 2. The Bertz CT molecular complexity index is 1370. The number of sulfonamides is 1. The van der Waals surface area contributed by atoms with Gasteiger partial charge in [-0.3, -0.25) is 4.79 Å². The number of phenolic OH excluding ortho intramolecular Hbond substituents is 2. The van der Waals surface area contributed by atoms with E-state index < -0.39 is 10.0 Å². The van der Waals surface area contributed by atoms with Crippen molar-refractivity contribution in [3.63, 3.8) is 0 Å². The molecule has 3 aromatic rings. The Balaban J connectivity index is 1.35. The fourth-order valence-corrected chi connectivity index (χ4v) is 5.20. The summed E-state index contributed by atoms with van der Waals surface area (Å²) in [5.41, 5.74) is 3.55. The summed E-state index contributed by atoms with van der Waals surface area (Å²) in [6, 6.07) is 18.4. The van der Waals surface area contributed by atoms with Crippen molar-refractivity contribution in [3.05, 3.63) is 102 Å². The molecule has 0 saturated heterocycles. The normalized spacial score (nSPS) is 14.0. The molecule has 1 amide bonds. The van der Waals surface area contributed by atoms with Crippen LogP contribution in [0.1, 0.15) is 16.7 Å². The number of amides is 1. The highest BCUT2D eigenvalue weighted by Crippen LogP contribution is 2.26. The molecule has 4 rings (SSSR count). The van der Waals surface area contributed by atoms with Crippen LogP contribution >= 0.6 is 0 Å². The summed E-state index contributed by atoms with van der Waals surface area (Å²) in [4.78, 5) is 14.0. The van der Waals surface area contributed by atoms with Crippen LogP contribution in [0.5, 0.6) is 11.5 Å². The van der Waals surface area contributed by atoms with Gasteiger partial charge in [0.1, 0.15) is 0 Å². The Morgan fingerprint density at radius 3 is 2.23 bits per heavy atom. The van der Waals surface area contributed by atoms with E-state index in [9.17, 15) is 23.4 Å². The van der Waals surface area contributed by atoms with Gasteiger partial charge in [0.05, 0.1) is 4.90 Å². The first-order valence-corrected chi connectivity index (χ1v) is 12.5. The lowest BCUT2D eigenvalue weighted by Gasteiger charge is -2.17.